The number of aromatic nitrogens is 2. The first kappa shape index (κ1) is 25.5. The number of anilines is 1. The van der Waals surface area contributed by atoms with Crippen LogP contribution in [0.4, 0.5) is 5.82 Å². The van der Waals surface area contributed by atoms with E-state index in [1.165, 1.54) is 11.1 Å². The SMILES string of the molecule is CCC(C)N(Cc1c(C)nn(-c2ccccc2)c1N1CCN(CC)CC1)C(=O)C1C[C@H]1c1ccccc1. The lowest BCUT2D eigenvalue weighted by atomic mass is 10.1. The molecule has 2 aliphatic rings. The molecule has 0 N–H and O–H groups in total. The van der Waals surface area contributed by atoms with Crippen molar-refractivity contribution in [3.05, 3.63) is 77.5 Å². The van der Waals surface area contributed by atoms with Gasteiger partial charge in [-0.25, -0.2) is 4.68 Å². The predicted molar refractivity (Wildman–Crippen MR) is 150 cm³/mol. The van der Waals surface area contributed by atoms with E-state index in [9.17, 15) is 4.79 Å². The Balaban J connectivity index is 1.47. The van der Waals surface area contributed by atoms with Gasteiger partial charge in [-0.15, -0.1) is 0 Å². The molecule has 1 amide bonds. The standard InChI is InChI=1S/C31H41N5O/c1-5-23(3)35(31(37)28-21-27(28)25-13-9-7-10-14-25)22-29-24(4)32-36(26-15-11-8-12-16-26)30(29)34-19-17-33(6-2)18-20-34/h7-16,23,27-28H,5-6,17-22H2,1-4H3/t23?,27-,28?/m0/s1. The monoisotopic (exact) mass is 499 g/mol. The Morgan fingerprint density at radius 1 is 1.00 bits per heavy atom. The van der Waals surface area contributed by atoms with Crippen LogP contribution in [0.25, 0.3) is 5.69 Å². The van der Waals surface area contributed by atoms with Gasteiger partial charge in [0.15, 0.2) is 0 Å². The van der Waals surface area contributed by atoms with Crippen molar-refractivity contribution >= 4 is 11.7 Å². The lowest BCUT2D eigenvalue weighted by Crippen LogP contribution is -2.47. The van der Waals surface area contributed by atoms with Crippen LogP contribution in [0.2, 0.25) is 0 Å². The minimum absolute atomic E-state index is 0.0809. The maximum Gasteiger partial charge on any atom is 0.226 e. The highest BCUT2D eigenvalue weighted by molar-refractivity contribution is 5.83. The Kier molecular flexibility index (Phi) is 7.65. The number of carbonyl (C=O) groups is 1. The summed E-state index contributed by atoms with van der Waals surface area (Å²) in [6, 6.07) is 21.1. The highest BCUT2D eigenvalue weighted by atomic mass is 16.2. The van der Waals surface area contributed by atoms with Crippen molar-refractivity contribution in [1.29, 1.82) is 0 Å². The van der Waals surface area contributed by atoms with Crippen molar-refractivity contribution in [3.8, 4) is 5.69 Å². The molecular formula is C31H41N5O. The summed E-state index contributed by atoms with van der Waals surface area (Å²) >= 11 is 0. The second-order valence-electron chi connectivity index (χ2n) is 10.6. The average Bonchev–Trinajstić information content (AvgIpc) is 3.69. The molecule has 1 saturated heterocycles. The van der Waals surface area contributed by atoms with Crippen LogP contribution >= 0.6 is 0 Å². The van der Waals surface area contributed by atoms with Crippen LogP contribution in [0.3, 0.4) is 0 Å². The Morgan fingerprint density at radius 2 is 1.65 bits per heavy atom. The van der Waals surface area contributed by atoms with Crippen LogP contribution in [0, 0.1) is 12.8 Å². The molecule has 196 valence electrons. The fraction of sp³-hybridized carbons (Fsp3) is 0.484. The molecule has 3 aromatic rings. The third-order valence-corrected chi connectivity index (χ3v) is 8.35. The Morgan fingerprint density at radius 3 is 2.27 bits per heavy atom. The molecule has 5 rings (SSSR count). The van der Waals surface area contributed by atoms with E-state index in [4.69, 9.17) is 5.10 Å². The number of nitrogens with zero attached hydrogens (tertiary/aromatic N) is 5. The number of amides is 1. The third kappa shape index (κ3) is 5.30. The lowest BCUT2D eigenvalue weighted by molar-refractivity contribution is -0.135. The first-order valence-electron chi connectivity index (χ1n) is 14.0. The Hall–Kier alpha value is -3.12. The van der Waals surface area contributed by atoms with Crippen LogP contribution in [0.5, 0.6) is 0 Å². The van der Waals surface area contributed by atoms with Gasteiger partial charge in [-0.2, -0.15) is 5.10 Å². The van der Waals surface area contributed by atoms with Gasteiger partial charge in [0.25, 0.3) is 0 Å². The molecule has 2 aromatic carbocycles. The minimum Gasteiger partial charge on any atom is -0.354 e. The molecule has 6 nitrogen and oxygen atoms in total. The zero-order valence-corrected chi connectivity index (χ0v) is 22.8. The van der Waals surface area contributed by atoms with Gasteiger partial charge in [0.1, 0.15) is 5.82 Å². The molecule has 6 heteroatoms. The zero-order valence-electron chi connectivity index (χ0n) is 22.8. The number of piperazine rings is 1. The van der Waals surface area contributed by atoms with Crippen LogP contribution in [0.15, 0.2) is 60.7 Å². The molecule has 1 aliphatic heterocycles. The van der Waals surface area contributed by atoms with Gasteiger partial charge in [0.05, 0.1) is 17.9 Å². The highest BCUT2D eigenvalue weighted by Gasteiger charge is 2.46. The Labute approximate surface area is 221 Å². The molecule has 3 atom stereocenters. The number of aryl methyl sites for hydroxylation is 1. The average molecular weight is 500 g/mol. The number of likely N-dealkylation sites (N-methyl/N-ethyl adjacent to an activating group) is 1. The van der Waals surface area contributed by atoms with Crippen LogP contribution < -0.4 is 4.90 Å². The molecule has 1 aliphatic carbocycles. The van der Waals surface area contributed by atoms with Gasteiger partial charge in [0, 0.05) is 43.7 Å². The van der Waals surface area contributed by atoms with Crippen LogP contribution in [-0.4, -0.2) is 64.3 Å². The molecule has 2 unspecified atom stereocenters. The van der Waals surface area contributed by atoms with E-state index in [2.05, 4.69) is 95.6 Å². The fourth-order valence-corrected chi connectivity index (χ4v) is 5.67. The van der Waals surface area contributed by atoms with Gasteiger partial charge in [-0.3, -0.25) is 4.79 Å². The molecule has 37 heavy (non-hydrogen) atoms. The molecule has 2 fully saturated rings. The van der Waals surface area contributed by atoms with E-state index in [1.807, 2.05) is 12.1 Å². The number of para-hydroxylation sites is 1. The van der Waals surface area contributed by atoms with Gasteiger partial charge in [-0.1, -0.05) is 62.4 Å². The van der Waals surface area contributed by atoms with E-state index < -0.39 is 0 Å². The van der Waals surface area contributed by atoms with E-state index in [-0.39, 0.29) is 17.9 Å². The zero-order chi connectivity index (χ0) is 25.9. The van der Waals surface area contributed by atoms with E-state index in [0.717, 1.165) is 62.8 Å². The predicted octanol–water partition coefficient (Wildman–Crippen LogP) is 5.25. The number of rotatable bonds is 9. The summed E-state index contributed by atoms with van der Waals surface area (Å²) < 4.78 is 2.11. The molecule has 0 radical (unpaired) electrons. The number of hydrogen-bond donors (Lipinski definition) is 0. The van der Waals surface area contributed by atoms with Crippen molar-refractivity contribution in [1.82, 2.24) is 19.6 Å². The molecule has 0 spiro atoms. The van der Waals surface area contributed by atoms with Crippen molar-refractivity contribution in [2.75, 3.05) is 37.6 Å². The number of hydrogen-bond acceptors (Lipinski definition) is 4. The van der Waals surface area contributed by atoms with E-state index in [0.29, 0.717) is 12.5 Å². The smallest absolute Gasteiger partial charge is 0.226 e. The van der Waals surface area contributed by atoms with Gasteiger partial charge in [-0.05, 0) is 56.8 Å². The largest absolute Gasteiger partial charge is 0.354 e. The molecule has 1 aromatic heterocycles. The van der Waals surface area contributed by atoms with Crippen molar-refractivity contribution < 1.29 is 4.79 Å². The van der Waals surface area contributed by atoms with Gasteiger partial charge < -0.3 is 14.7 Å². The first-order valence-corrected chi connectivity index (χ1v) is 14.0. The summed E-state index contributed by atoms with van der Waals surface area (Å²) in [6.45, 7) is 14.4. The summed E-state index contributed by atoms with van der Waals surface area (Å²) in [5.74, 6) is 1.86. The quantitative estimate of drug-likeness (QED) is 0.403. The van der Waals surface area contributed by atoms with Gasteiger partial charge in [0.2, 0.25) is 5.91 Å². The second-order valence-corrected chi connectivity index (χ2v) is 10.6. The van der Waals surface area contributed by atoms with Crippen LogP contribution in [0.1, 0.15) is 56.4 Å². The first-order chi connectivity index (χ1) is 18.0. The maximum absolute atomic E-state index is 13.9. The topological polar surface area (TPSA) is 44.6 Å². The molecule has 0 bridgehead atoms. The van der Waals surface area contributed by atoms with Crippen molar-refractivity contribution in [3.63, 3.8) is 0 Å². The number of benzene rings is 2. The van der Waals surface area contributed by atoms with Gasteiger partial charge >= 0.3 is 0 Å². The third-order valence-electron chi connectivity index (χ3n) is 8.35. The molecule has 1 saturated carbocycles. The highest BCUT2D eigenvalue weighted by Crippen LogP contribution is 2.49. The van der Waals surface area contributed by atoms with Crippen LogP contribution in [-0.2, 0) is 11.3 Å². The summed E-state index contributed by atoms with van der Waals surface area (Å²) in [7, 11) is 0. The fourth-order valence-electron chi connectivity index (χ4n) is 5.67. The molecule has 2 heterocycles. The number of carbonyl (C=O) groups excluding carboxylic acids is 1. The lowest BCUT2D eigenvalue weighted by Gasteiger charge is -2.37. The summed E-state index contributed by atoms with van der Waals surface area (Å²) in [5.41, 5.74) is 4.54. The summed E-state index contributed by atoms with van der Waals surface area (Å²) in [6.07, 6.45) is 1.88. The van der Waals surface area contributed by atoms with Crippen molar-refractivity contribution in [2.45, 2.75) is 59.0 Å². The Bertz CT molecular complexity index is 1180. The summed E-state index contributed by atoms with van der Waals surface area (Å²) in [5, 5.41) is 5.04. The normalized spacial score (nSPS) is 20.6. The maximum atomic E-state index is 13.9. The van der Waals surface area contributed by atoms with E-state index >= 15 is 0 Å². The van der Waals surface area contributed by atoms with Crippen molar-refractivity contribution in [2.24, 2.45) is 5.92 Å². The minimum atomic E-state index is 0.0809. The van der Waals surface area contributed by atoms with E-state index in [1.54, 1.807) is 0 Å². The second kappa shape index (κ2) is 11.1. The summed E-state index contributed by atoms with van der Waals surface area (Å²) in [4.78, 5) is 21.0. The molecular weight excluding hydrogens is 458 g/mol.